The van der Waals surface area contributed by atoms with E-state index >= 15 is 0 Å². The molecular formula is C13H17BN2O7S. The third kappa shape index (κ3) is 4.25. The maximum atomic E-state index is 11.8. The van der Waals surface area contributed by atoms with Gasteiger partial charge in [0, 0.05) is 12.0 Å². The number of carboxylic acid groups (broad SMARTS) is 1. The van der Waals surface area contributed by atoms with Crippen LogP contribution in [0.2, 0.25) is 0 Å². The van der Waals surface area contributed by atoms with Crippen LogP contribution in [0, 0.1) is 0 Å². The molecule has 1 atom stereocenters. The quantitative estimate of drug-likeness (QED) is 0.467. The molecule has 1 aromatic rings. The van der Waals surface area contributed by atoms with Gasteiger partial charge in [-0.15, -0.1) is 0 Å². The minimum atomic E-state index is -3.51. The molecule has 1 aromatic carbocycles. The number of fused-ring (bicyclic) bond motifs is 1. The van der Waals surface area contributed by atoms with Gasteiger partial charge in [-0.05, 0) is 25.5 Å². The number of hydrogen-bond donors (Lipinski definition) is 4. The van der Waals surface area contributed by atoms with Crippen LogP contribution in [0.4, 0.5) is 0 Å². The second-order valence-corrected chi connectivity index (χ2v) is 7.28. The molecule has 24 heavy (non-hydrogen) atoms. The first kappa shape index (κ1) is 18.2. The van der Waals surface area contributed by atoms with Crippen LogP contribution in [0.25, 0.3) is 0 Å². The van der Waals surface area contributed by atoms with Gasteiger partial charge < -0.3 is 20.2 Å². The van der Waals surface area contributed by atoms with Crippen molar-refractivity contribution in [3.05, 3.63) is 29.3 Å². The Balaban J connectivity index is 2.05. The van der Waals surface area contributed by atoms with Gasteiger partial charge in [-0.3, -0.25) is 4.79 Å². The molecule has 0 fully saturated rings. The van der Waals surface area contributed by atoms with Gasteiger partial charge in [0.05, 0.1) is 11.3 Å². The molecular weight excluding hydrogens is 339 g/mol. The Bertz CT molecular complexity index is 753. The van der Waals surface area contributed by atoms with E-state index in [0.29, 0.717) is 5.56 Å². The van der Waals surface area contributed by atoms with Crippen LogP contribution < -0.4 is 14.8 Å². The molecule has 0 bridgehead atoms. The van der Waals surface area contributed by atoms with Gasteiger partial charge in [-0.25, -0.2) is 17.9 Å². The van der Waals surface area contributed by atoms with Gasteiger partial charge in [-0.2, -0.15) is 0 Å². The minimum absolute atomic E-state index is 0.00241. The number of carboxylic acids is 1. The number of aromatic carboxylic acids is 1. The lowest BCUT2D eigenvalue weighted by atomic mass is 9.59. The molecule has 2 rings (SSSR count). The molecule has 0 aromatic heterocycles. The fourth-order valence-electron chi connectivity index (χ4n) is 2.30. The highest BCUT2D eigenvalue weighted by Gasteiger charge is 2.36. The predicted octanol–water partition coefficient (Wildman–Crippen LogP) is -1.24. The van der Waals surface area contributed by atoms with E-state index in [-0.39, 0.29) is 24.1 Å². The SMILES string of the molecule is CNS(=O)(=O)CCC(=O)N[C@@H]1Oc2cccc(C(=O)O)c2CB1O. The summed E-state index contributed by atoms with van der Waals surface area (Å²) in [7, 11) is -2.26. The van der Waals surface area contributed by atoms with E-state index in [4.69, 9.17) is 9.84 Å². The van der Waals surface area contributed by atoms with E-state index in [9.17, 15) is 23.0 Å². The van der Waals surface area contributed by atoms with Crippen molar-refractivity contribution in [2.45, 2.75) is 18.9 Å². The molecule has 0 spiro atoms. The smallest absolute Gasteiger partial charge is 0.365 e. The van der Waals surface area contributed by atoms with Crippen LogP contribution in [0.15, 0.2) is 18.2 Å². The number of hydrogen-bond acceptors (Lipinski definition) is 6. The Labute approximate surface area is 139 Å². The Morgan fingerprint density at radius 3 is 2.75 bits per heavy atom. The van der Waals surface area contributed by atoms with Gasteiger partial charge in [0.25, 0.3) is 0 Å². The standard InChI is InChI=1S/C13H17BN2O7S/c1-15-24(21,22)6-5-11(17)16-13-14(20)7-9-8(12(18)19)3-2-4-10(9)23-13/h2-4,13,15,20H,5-7H2,1H3,(H,16,17)(H,18,19)/t13-/m1/s1. The van der Waals surface area contributed by atoms with Crippen molar-refractivity contribution in [3.63, 3.8) is 0 Å². The summed E-state index contributed by atoms with van der Waals surface area (Å²) in [5.41, 5.74) is 0.372. The first-order chi connectivity index (χ1) is 11.2. The van der Waals surface area contributed by atoms with Crippen molar-refractivity contribution >= 4 is 28.8 Å². The molecule has 1 amide bonds. The van der Waals surface area contributed by atoms with E-state index in [1.54, 1.807) is 0 Å². The van der Waals surface area contributed by atoms with E-state index in [0.717, 1.165) is 0 Å². The predicted molar refractivity (Wildman–Crippen MR) is 85.1 cm³/mol. The molecule has 4 N–H and O–H groups in total. The molecule has 1 aliphatic rings. The lowest BCUT2D eigenvalue weighted by Crippen LogP contribution is -2.53. The number of ether oxygens (including phenoxy) is 1. The number of rotatable bonds is 6. The van der Waals surface area contributed by atoms with E-state index in [2.05, 4.69) is 10.0 Å². The lowest BCUT2D eigenvalue weighted by molar-refractivity contribution is -0.122. The van der Waals surface area contributed by atoms with Gasteiger partial charge in [0.15, 0.2) is 6.13 Å². The average Bonchev–Trinajstić information content (AvgIpc) is 2.53. The number of sulfonamides is 1. The molecule has 1 heterocycles. The molecule has 130 valence electrons. The molecule has 0 aliphatic carbocycles. The number of carbonyl (C=O) groups excluding carboxylic acids is 1. The van der Waals surface area contributed by atoms with Gasteiger partial charge in [0.2, 0.25) is 15.9 Å². The number of carbonyl (C=O) groups is 2. The summed E-state index contributed by atoms with van der Waals surface area (Å²) in [4.78, 5) is 23.0. The van der Waals surface area contributed by atoms with Crippen molar-refractivity contribution in [1.82, 2.24) is 10.0 Å². The van der Waals surface area contributed by atoms with Crippen LogP contribution in [0.3, 0.4) is 0 Å². The monoisotopic (exact) mass is 356 g/mol. The maximum absolute atomic E-state index is 11.8. The van der Waals surface area contributed by atoms with Crippen molar-refractivity contribution < 1.29 is 32.9 Å². The summed E-state index contributed by atoms with van der Waals surface area (Å²) >= 11 is 0. The van der Waals surface area contributed by atoms with Crippen molar-refractivity contribution in [2.75, 3.05) is 12.8 Å². The fourth-order valence-corrected chi connectivity index (χ4v) is 2.96. The van der Waals surface area contributed by atoms with E-state index in [1.807, 2.05) is 0 Å². The van der Waals surface area contributed by atoms with Gasteiger partial charge in [0.1, 0.15) is 5.75 Å². The van der Waals surface area contributed by atoms with Crippen molar-refractivity contribution in [3.8, 4) is 5.75 Å². The minimum Gasteiger partial charge on any atom is -0.478 e. The van der Waals surface area contributed by atoms with Crippen LogP contribution in [0.5, 0.6) is 5.75 Å². The van der Waals surface area contributed by atoms with Crippen LogP contribution >= 0.6 is 0 Å². The highest BCUT2D eigenvalue weighted by molar-refractivity contribution is 7.89. The second-order valence-electron chi connectivity index (χ2n) is 5.24. The summed E-state index contributed by atoms with van der Waals surface area (Å²) < 4.78 is 30.1. The van der Waals surface area contributed by atoms with Crippen LogP contribution in [-0.2, 0) is 21.1 Å². The van der Waals surface area contributed by atoms with Crippen molar-refractivity contribution in [1.29, 1.82) is 0 Å². The van der Waals surface area contributed by atoms with Crippen LogP contribution in [-0.4, -0.2) is 56.3 Å². The van der Waals surface area contributed by atoms with E-state index in [1.165, 1.54) is 25.2 Å². The molecule has 0 saturated carbocycles. The largest absolute Gasteiger partial charge is 0.478 e. The first-order valence-corrected chi connectivity index (χ1v) is 8.79. The third-order valence-corrected chi connectivity index (χ3v) is 4.96. The third-order valence-electron chi connectivity index (χ3n) is 3.59. The molecule has 1 aliphatic heterocycles. The molecule has 9 nitrogen and oxygen atoms in total. The first-order valence-electron chi connectivity index (χ1n) is 7.14. The highest BCUT2D eigenvalue weighted by Crippen LogP contribution is 2.28. The zero-order valence-corrected chi connectivity index (χ0v) is 13.7. The zero-order chi connectivity index (χ0) is 17.9. The maximum Gasteiger partial charge on any atom is 0.365 e. The normalized spacial score (nSPS) is 16.9. The summed E-state index contributed by atoms with van der Waals surface area (Å²) in [6.45, 7) is -1.15. The summed E-state index contributed by atoms with van der Waals surface area (Å²) in [6.07, 6.45) is -1.37. The summed E-state index contributed by atoms with van der Waals surface area (Å²) in [6, 6.07) is 4.44. The Hall–Kier alpha value is -2.11. The second kappa shape index (κ2) is 7.20. The van der Waals surface area contributed by atoms with Crippen LogP contribution in [0.1, 0.15) is 22.3 Å². The Morgan fingerprint density at radius 2 is 2.12 bits per heavy atom. The van der Waals surface area contributed by atoms with Gasteiger partial charge >= 0.3 is 12.9 Å². The average molecular weight is 356 g/mol. The topological polar surface area (TPSA) is 142 Å². The Morgan fingerprint density at radius 1 is 1.42 bits per heavy atom. The highest BCUT2D eigenvalue weighted by atomic mass is 32.2. The number of nitrogens with one attached hydrogen (secondary N) is 2. The number of amides is 1. The molecule has 0 saturated heterocycles. The zero-order valence-electron chi connectivity index (χ0n) is 12.9. The summed E-state index contributed by atoms with van der Waals surface area (Å²) in [5.74, 6) is -1.87. The van der Waals surface area contributed by atoms with Gasteiger partial charge in [-0.1, -0.05) is 6.07 Å². The lowest BCUT2D eigenvalue weighted by Gasteiger charge is -2.29. The Kier molecular flexibility index (Phi) is 5.47. The van der Waals surface area contributed by atoms with E-state index < -0.39 is 40.7 Å². The molecule has 0 unspecified atom stereocenters. The fraction of sp³-hybridized carbons (Fsp3) is 0.385. The van der Waals surface area contributed by atoms with Crippen molar-refractivity contribution in [2.24, 2.45) is 0 Å². The summed E-state index contributed by atoms with van der Waals surface area (Å²) in [5, 5.41) is 21.6. The number of benzene rings is 1. The molecule has 11 heteroatoms. The molecule has 0 radical (unpaired) electrons.